The zero-order chi connectivity index (χ0) is 14.0. The molecule has 0 fully saturated rings. The monoisotopic (exact) mass is 257 g/mol. The second-order valence-corrected chi connectivity index (χ2v) is 4.00. The van der Waals surface area contributed by atoms with Gasteiger partial charge >= 0.3 is 11.9 Å². The molecular weight excluding hydrogens is 246 g/mol. The number of hydrogen-bond donors (Lipinski definition) is 3. The predicted molar refractivity (Wildman–Crippen MR) is 70.2 cm³/mol. The summed E-state index contributed by atoms with van der Waals surface area (Å²) in [5.74, 6) is -2.35. The molecule has 0 aliphatic rings. The quantitative estimate of drug-likeness (QED) is 0.732. The van der Waals surface area contributed by atoms with Crippen LogP contribution in [0.25, 0.3) is 11.1 Å². The number of carboxylic acids is 2. The lowest BCUT2D eigenvalue weighted by Crippen LogP contribution is -2.04. The van der Waals surface area contributed by atoms with E-state index in [0.717, 1.165) is 6.07 Å². The van der Waals surface area contributed by atoms with Crippen LogP contribution < -0.4 is 5.73 Å². The summed E-state index contributed by atoms with van der Waals surface area (Å²) in [7, 11) is 0. The van der Waals surface area contributed by atoms with E-state index in [9.17, 15) is 14.7 Å². The average molecular weight is 257 g/mol. The Hall–Kier alpha value is -2.82. The Morgan fingerprint density at radius 3 is 2.26 bits per heavy atom. The summed E-state index contributed by atoms with van der Waals surface area (Å²) in [6.45, 7) is 0. The second kappa shape index (κ2) is 4.81. The van der Waals surface area contributed by atoms with Crippen molar-refractivity contribution in [1.82, 2.24) is 0 Å². The van der Waals surface area contributed by atoms with Crippen LogP contribution in [0.4, 0.5) is 5.69 Å². The summed E-state index contributed by atoms with van der Waals surface area (Å²) in [6.07, 6.45) is 0. The summed E-state index contributed by atoms with van der Waals surface area (Å²) in [5.41, 5.74) is 7.11. The molecule has 96 valence electrons. The van der Waals surface area contributed by atoms with E-state index in [4.69, 9.17) is 10.8 Å². The summed E-state index contributed by atoms with van der Waals surface area (Å²) >= 11 is 0. The zero-order valence-corrected chi connectivity index (χ0v) is 9.83. The SMILES string of the molecule is Nc1cccc(-c2ccc(C(=O)O)cc2C(=O)O)c1. The maximum Gasteiger partial charge on any atom is 0.336 e. The minimum Gasteiger partial charge on any atom is -0.478 e. The van der Waals surface area contributed by atoms with Crippen LogP contribution in [0.1, 0.15) is 20.7 Å². The van der Waals surface area contributed by atoms with E-state index in [-0.39, 0.29) is 11.1 Å². The highest BCUT2D eigenvalue weighted by Crippen LogP contribution is 2.26. The molecule has 4 N–H and O–H groups in total. The smallest absolute Gasteiger partial charge is 0.336 e. The van der Waals surface area contributed by atoms with Gasteiger partial charge in [0.15, 0.2) is 0 Å². The van der Waals surface area contributed by atoms with Crippen LogP contribution in [0.15, 0.2) is 42.5 Å². The normalized spacial score (nSPS) is 10.1. The van der Waals surface area contributed by atoms with Gasteiger partial charge in [-0.05, 0) is 35.4 Å². The van der Waals surface area contributed by atoms with Crippen molar-refractivity contribution in [2.24, 2.45) is 0 Å². The van der Waals surface area contributed by atoms with Gasteiger partial charge in [0.1, 0.15) is 0 Å². The minimum atomic E-state index is -1.18. The predicted octanol–water partition coefficient (Wildman–Crippen LogP) is 2.33. The Kier molecular flexibility index (Phi) is 3.20. The Morgan fingerprint density at radius 1 is 0.947 bits per heavy atom. The molecule has 0 radical (unpaired) electrons. The molecule has 0 aliphatic carbocycles. The van der Waals surface area contributed by atoms with Crippen molar-refractivity contribution in [2.45, 2.75) is 0 Å². The molecule has 0 saturated carbocycles. The van der Waals surface area contributed by atoms with Gasteiger partial charge in [-0.25, -0.2) is 9.59 Å². The standard InChI is InChI=1S/C14H11NO4/c15-10-3-1-2-8(6-10)11-5-4-9(13(16)17)7-12(11)14(18)19/h1-7H,15H2,(H,16,17)(H,18,19). The summed E-state index contributed by atoms with van der Waals surface area (Å²) in [4.78, 5) is 22.1. The fourth-order valence-corrected chi connectivity index (χ4v) is 1.81. The fraction of sp³-hybridized carbons (Fsp3) is 0. The van der Waals surface area contributed by atoms with Gasteiger partial charge in [-0.3, -0.25) is 0 Å². The molecule has 5 nitrogen and oxygen atoms in total. The number of carboxylic acid groups (broad SMARTS) is 2. The van der Waals surface area contributed by atoms with Crippen LogP contribution in [-0.2, 0) is 0 Å². The maximum absolute atomic E-state index is 11.2. The van der Waals surface area contributed by atoms with Crippen molar-refractivity contribution in [3.63, 3.8) is 0 Å². The van der Waals surface area contributed by atoms with Gasteiger partial charge < -0.3 is 15.9 Å². The van der Waals surface area contributed by atoms with E-state index in [1.54, 1.807) is 24.3 Å². The topological polar surface area (TPSA) is 101 Å². The zero-order valence-electron chi connectivity index (χ0n) is 9.83. The van der Waals surface area contributed by atoms with Crippen LogP contribution in [0, 0.1) is 0 Å². The van der Waals surface area contributed by atoms with Crippen molar-refractivity contribution in [1.29, 1.82) is 0 Å². The van der Waals surface area contributed by atoms with Crippen LogP contribution in [-0.4, -0.2) is 22.2 Å². The van der Waals surface area contributed by atoms with Crippen molar-refractivity contribution >= 4 is 17.6 Å². The van der Waals surface area contributed by atoms with Gasteiger partial charge in [0.05, 0.1) is 11.1 Å². The highest BCUT2D eigenvalue weighted by atomic mass is 16.4. The second-order valence-electron chi connectivity index (χ2n) is 4.00. The van der Waals surface area contributed by atoms with Gasteiger partial charge in [-0.1, -0.05) is 18.2 Å². The number of nitrogen functional groups attached to an aromatic ring is 1. The average Bonchev–Trinajstić information content (AvgIpc) is 2.37. The summed E-state index contributed by atoms with van der Waals surface area (Å²) < 4.78 is 0. The number of nitrogens with two attached hydrogens (primary N) is 1. The number of hydrogen-bond acceptors (Lipinski definition) is 3. The van der Waals surface area contributed by atoms with Crippen molar-refractivity contribution in [3.05, 3.63) is 53.6 Å². The number of anilines is 1. The first kappa shape index (κ1) is 12.6. The van der Waals surface area contributed by atoms with E-state index in [1.807, 2.05) is 0 Å². The molecule has 0 bridgehead atoms. The highest BCUT2D eigenvalue weighted by molar-refractivity contribution is 5.99. The molecule has 2 aromatic carbocycles. The third kappa shape index (κ3) is 2.55. The lowest BCUT2D eigenvalue weighted by molar-refractivity contribution is 0.0696. The number of aromatic carboxylic acids is 2. The molecule has 0 atom stereocenters. The Morgan fingerprint density at radius 2 is 1.68 bits per heavy atom. The third-order valence-electron chi connectivity index (χ3n) is 2.69. The van der Waals surface area contributed by atoms with Crippen LogP contribution >= 0.6 is 0 Å². The van der Waals surface area contributed by atoms with Crippen molar-refractivity contribution < 1.29 is 19.8 Å². The van der Waals surface area contributed by atoms with Gasteiger partial charge in [-0.2, -0.15) is 0 Å². The molecule has 0 aliphatic heterocycles. The first-order chi connectivity index (χ1) is 8.99. The lowest BCUT2D eigenvalue weighted by atomic mass is 9.97. The van der Waals surface area contributed by atoms with Crippen LogP contribution in [0.2, 0.25) is 0 Å². The summed E-state index contributed by atoms with van der Waals surface area (Å²) in [5, 5.41) is 18.1. The van der Waals surface area contributed by atoms with Crippen LogP contribution in [0.3, 0.4) is 0 Å². The molecule has 0 saturated heterocycles. The molecule has 5 heteroatoms. The maximum atomic E-state index is 11.2. The molecular formula is C14H11NO4. The van der Waals surface area contributed by atoms with Gasteiger partial charge in [0.25, 0.3) is 0 Å². The number of rotatable bonds is 3. The van der Waals surface area contributed by atoms with Crippen molar-refractivity contribution in [2.75, 3.05) is 5.73 Å². The molecule has 0 heterocycles. The Balaban J connectivity index is 2.63. The highest BCUT2D eigenvalue weighted by Gasteiger charge is 2.15. The first-order valence-electron chi connectivity index (χ1n) is 5.45. The molecule has 19 heavy (non-hydrogen) atoms. The van der Waals surface area contributed by atoms with Crippen LogP contribution in [0.5, 0.6) is 0 Å². The summed E-state index contributed by atoms with van der Waals surface area (Å²) in [6, 6.07) is 10.7. The van der Waals surface area contributed by atoms with E-state index >= 15 is 0 Å². The number of carbonyl (C=O) groups is 2. The van der Waals surface area contributed by atoms with E-state index in [2.05, 4.69) is 0 Å². The molecule has 0 aromatic heterocycles. The largest absolute Gasteiger partial charge is 0.478 e. The molecule has 2 rings (SSSR count). The molecule has 2 aromatic rings. The van der Waals surface area contributed by atoms with E-state index in [0.29, 0.717) is 16.8 Å². The fourth-order valence-electron chi connectivity index (χ4n) is 1.81. The first-order valence-corrected chi connectivity index (χ1v) is 5.45. The molecule has 0 unspecified atom stereocenters. The Labute approximate surface area is 108 Å². The van der Waals surface area contributed by atoms with Gasteiger partial charge in [0, 0.05) is 5.69 Å². The van der Waals surface area contributed by atoms with E-state index in [1.165, 1.54) is 12.1 Å². The number of benzene rings is 2. The third-order valence-corrected chi connectivity index (χ3v) is 2.69. The van der Waals surface area contributed by atoms with Crippen molar-refractivity contribution in [3.8, 4) is 11.1 Å². The Bertz CT molecular complexity index is 664. The molecule has 0 amide bonds. The van der Waals surface area contributed by atoms with E-state index < -0.39 is 11.9 Å². The van der Waals surface area contributed by atoms with Gasteiger partial charge in [0.2, 0.25) is 0 Å². The minimum absolute atomic E-state index is 0.0644. The van der Waals surface area contributed by atoms with Gasteiger partial charge in [-0.15, -0.1) is 0 Å². The lowest BCUT2D eigenvalue weighted by Gasteiger charge is -2.08. The molecule has 0 spiro atoms.